The molecule has 1 N–H and O–H groups in total. The fourth-order valence-corrected chi connectivity index (χ4v) is 5.41. The number of nitrogens with one attached hydrogen (secondary N) is 1. The predicted octanol–water partition coefficient (Wildman–Crippen LogP) is 4.83. The molecule has 160 valence electrons. The SMILES string of the molecule is CCN(CC)S(=O)(=O)c1ccc(C(C)NCc2csc(-c3ccc(F)cc3)n2)cc1. The lowest BCUT2D eigenvalue weighted by Crippen LogP contribution is -2.30. The van der Waals surface area contributed by atoms with E-state index in [1.165, 1.54) is 27.8 Å². The Kier molecular flexibility index (Phi) is 7.36. The van der Waals surface area contributed by atoms with Gasteiger partial charge in [-0.05, 0) is 48.9 Å². The van der Waals surface area contributed by atoms with Crippen LogP contribution in [0.1, 0.15) is 38.1 Å². The molecule has 3 rings (SSSR count). The van der Waals surface area contributed by atoms with Gasteiger partial charge in [0.05, 0.1) is 10.6 Å². The van der Waals surface area contributed by atoms with Gasteiger partial charge in [-0.25, -0.2) is 17.8 Å². The Labute approximate surface area is 181 Å². The monoisotopic (exact) mass is 447 g/mol. The van der Waals surface area contributed by atoms with Crippen LogP contribution in [0.5, 0.6) is 0 Å². The van der Waals surface area contributed by atoms with Crippen LogP contribution < -0.4 is 5.32 Å². The van der Waals surface area contributed by atoms with E-state index in [0.29, 0.717) is 24.5 Å². The molecule has 0 amide bonds. The molecule has 1 atom stereocenters. The molecule has 1 unspecified atom stereocenters. The maximum Gasteiger partial charge on any atom is 0.243 e. The summed E-state index contributed by atoms with van der Waals surface area (Å²) in [5.41, 5.74) is 2.81. The molecule has 8 heteroatoms. The van der Waals surface area contributed by atoms with E-state index in [-0.39, 0.29) is 11.9 Å². The van der Waals surface area contributed by atoms with Crippen molar-refractivity contribution in [1.29, 1.82) is 0 Å². The molecule has 0 fully saturated rings. The van der Waals surface area contributed by atoms with Gasteiger partial charge in [0.1, 0.15) is 10.8 Å². The van der Waals surface area contributed by atoms with Crippen molar-refractivity contribution in [1.82, 2.24) is 14.6 Å². The Morgan fingerprint density at radius 1 is 1.07 bits per heavy atom. The molecule has 0 saturated carbocycles. The third kappa shape index (κ3) is 5.13. The largest absolute Gasteiger partial charge is 0.305 e. The van der Waals surface area contributed by atoms with E-state index in [4.69, 9.17) is 0 Å². The third-order valence-corrected chi connectivity index (χ3v) is 7.96. The number of rotatable bonds is 9. The van der Waals surface area contributed by atoms with Crippen LogP contribution in [0.25, 0.3) is 10.6 Å². The Hall–Kier alpha value is -2.13. The second-order valence-corrected chi connectivity index (χ2v) is 9.71. The highest BCUT2D eigenvalue weighted by Crippen LogP contribution is 2.24. The summed E-state index contributed by atoms with van der Waals surface area (Å²) in [6, 6.07) is 13.4. The number of nitrogens with zero attached hydrogens (tertiary/aromatic N) is 2. The van der Waals surface area contributed by atoms with Crippen LogP contribution in [-0.4, -0.2) is 30.8 Å². The second kappa shape index (κ2) is 9.78. The molecule has 0 bridgehead atoms. The van der Waals surface area contributed by atoms with Crippen molar-refractivity contribution in [2.45, 2.75) is 38.3 Å². The first-order chi connectivity index (χ1) is 14.3. The van der Waals surface area contributed by atoms with E-state index in [2.05, 4.69) is 10.3 Å². The van der Waals surface area contributed by atoms with Gasteiger partial charge in [0.15, 0.2) is 0 Å². The molecule has 30 heavy (non-hydrogen) atoms. The fraction of sp³-hybridized carbons (Fsp3) is 0.318. The summed E-state index contributed by atoms with van der Waals surface area (Å²) in [5.74, 6) is -0.262. The lowest BCUT2D eigenvalue weighted by Gasteiger charge is -2.19. The lowest BCUT2D eigenvalue weighted by molar-refractivity contribution is 0.445. The number of aromatic nitrogens is 1. The molecule has 0 aliphatic rings. The molecule has 0 aliphatic carbocycles. The lowest BCUT2D eigenvalue weighted by atomic mass is 10.1. The normalized spacial score (nSPS) is 13.0. The number of halogens is 1. The molecular formula is C22H26FN3O2S2. The molecule has 1 aromatic heterocycles. The van der Waals surface area contributed by atoms with Crippen LogP contribution >= 0.6 is 11.3 Å². The molecule has 5 nitrogen and oxygen atoms in total. The molecule has 0 saturated heterocycles. The van der Waals surface area contributed by atoms with E-state index in [1.807, 2.05) is 38.3 Å². The predicted molar refractivity (Wildman–Crippen MR) is 119 cm³/mol. The maximum atomic E-state index is 13.1. The van der Waals surface area contributed by atoms with Crippen LogP contribution in [0.2, 0.25) is 0 Å². The van der Waals surface area contributed by atoms with Gasteiger partial charge < -0.3 is 5.32 Å². The summed E-state index contributed by atoms with van der Waals surface area (Å²) in [4.78, 5) is 4.92. The summed E-state index contributed by atoms with van der Waals surface area (Å²) in [7, 11) is -3.44. The number of hydrogen-bond donors (Lipinski definition) is 1. The number of hydrogen-bond acceptors (Lipinski definition) is 5. The first-order valence-electron chi connectivity index (χ1n) is 9.89. The van der Waals surface area contributed by atoms with Crippen LogP contribution in [0.4, 0.5) is 4.39 Å². The zero-order valence-corrected chi connectivity index (χ0v) is 18.9. The smallest absolute Gasteiger partial charge is 0.243 e. The zero-order chi connectivity index (χ0) is 21.7. The van der Waals surface area contributed by atoms with Gasteiger partial charge in [0.2, 0.25) is 10.0 Å². The average Bonchev–Trinajstić information content (AvgIpc) is 3.22. The zero-order valence-electron chi connectivity index (χ0n) is 17.3. The van der Waals surface area contributed by atoms with Crippen molar-refractivity contribution >= 4 is 21.4 Å². The van der Waals surface area contributed by atoms with E-state index in [0.717, 1.165) is 21.8 Å². The van der Waals surface area contributed by atoms with Gasteiger partial charge in [-0.15, -0.1) is 11.3 Å². The van der Waals surface area contributed by atoms with E-state index >= 15 is 0 Å². The van der Waals surface area contributed by atoms with Gasteiger partial charge in [0.25, 0.3) is 0 Å². The maximum absolute atomic E-state index is 13.1. The summed E-state index contributed by atoms with van der Waals surface area (Å²) in [5, 5.41) is 6.25. The van der Waals surface area contributed by atoms with Crippen molar-refractivity contribution < 1.29 is 12.8 Å². The van der Waals surface area contributed by atoms with E-state index < -0.39 is 10.0 Å². The van der Waals surface area contributed by atoms with Gasteiger partial charge >= 0.3 is 0 Å². The van der Waals surface area contributed by atoms with Crippen LogP contribution in [0.15, 0.2) is 58.8 Å². The second-order valence-electron chi connectivity index (χ2n) is 6.91. The van der Waals surface area contributed by atoms with Crippen molar-refractivity contribution in [3.63, 3.8) is 0 Å². The van der Waals surface area contributed by atoms with Gasteiger partial charge in [-0.1, -0.05) is 26.0 Å². The molecule has 2 aromatic carbocycles. The van der Waals surface area contributed by atoms with Gasteiger partial charge in [-0.2, -0.15) is 4.31 Å². The van der Waals surface area contributed by atoms with E-state index in [9.17, 15) is 12.8 Å². The summed E-state index contributed by atoms with van der Waals surface area (Å²) in [6.45, 7) is 7.18. The molecular weight excluding hydrogens is 421 g/mol. The van der Waals surface area contributed by atoms with Gasteiger partial charge in [0, 0.05) is 36.6 Å². The number of benzene rings is 2. The molecule has 0 radical (unpaired) electrons. The summed E-state index contributed by atoms with van der Waals surface area (Å²) >= 11 is 1.52. The quantitative estimate of drug-likeness (QED) is 0.510. The molecule has 0 aliphatic heterocycles. The van der Waals surface area contributed by atoms with Gasteiger partial charge in [-0.3, -0.25) is 0 Å². The first kappa shape index (κ1) is 22.6. The topological polar surface area (TPSA) is 62.3 Å². The highest BCUT2D eigenvalue weighted by molar-refractivity contribution is 7.89. The third-order valence-electron chi connectivity index (χ3n) is 4.96. The first-order valence-corrected chi connectivity index (χ1v) is 12.2. The van der Waals surface area contributed by atoms with Crippen molar-refractivity contribution in [2.24, 2.45) is 0 Å². The van der Waals surface area contributed by atoms with Crippen LogP contribution in [0.3, 0.4) is 0 Å². The van der Waals surface area contributed by atoms with Crippen molar-refractivity contribution in [2.75, 3.05) is 13.1 Å². The summed E-state index contributed by atoms with van der Waals surface area (Å²) in [6.07, 6.45) is 0. The molecule has 0 spiro atoms. The van der Waals surface area contributed by atoms with Crippen molar-refractivity contribution in [3.05, 3.63) is 71.0 Å². The minimum atomic E-state index is -3.44. The van der Waals surface area contributed by atoms with Crippen LogP contribution in [-0.2, 0) is 16.6 Å². The number of sulfonamides is 1. The minimum absolute atomic E-state index is 0.0335. The Morgan fingerprint density at radius 3 is 2.30 bits per heavy atom. The Balaban J connectivity index is 1.63. The minimum Gasteiger partial charge on any atom is -0.305 e. The Bertz CT molecular complexity index is 1060. The molecule has 3 aromatic rings. The summed E-state index contributed by atoms with van der Waals surface area (Å²) < 4.78 is 39.7. The van der Waals surface area contributed by atoms with E-state index in [1.54, 1.807) is 24.3 Å². The van der Waals surface area contributed by atoms with Crippen molar-refractivity contribution in [3.8, 4) is 10.6 Å². The Morgan fingerprint density at radius 2 is 1.70 bits per heavy atom. The standard InChI is InChI=1S/C22H26FN3O2S2/c1-4-26(5-2)30(27,28)21-12-8-17(9-13-21)16(3)24-14-20-15-29-22(25-20)18-6-10-19(23)11-7-18/h6-13,15-16,24H,4-5,14H2,1-3H3. The number of thiazole rings is 1. The fourth-order valence-electron chi connectivity index (χ4n) is 3.13. The highest BCUT2D eigenvalue weighted by Gasteiger charge is 2.21. The highest BCUT2D eigenvalue weighted by atomic mass is 32.2. The average molecular weight is 448 g/mol. The molecule has 1 heterocycles. The van der Waals surface area contributed by atoms with Crippen LogP contribution in [0, 0.1) is 5.82 Å².